The molecule has 1 aromatic heterocycles. The summed E-state index contributed by atoms with van der Waals surface area (Å²) in [7, 11) is 0. The van der Waals surface area contributed by atoms with E-state index in [0.717, 1.165) is 38.1 Å². The molecule has 2 saturated heterocycles. The molecule has 1 N–H and O–H groups in total. The van der Waals surface area contributed by atoms with Gasteiger partial charge in [-0.1, -0.05) is 13.3 Å². The van der Waals surface area contributed by atoms with Gasteiger partial charge in [0.15, 0.2) is 5.96 Å². The zero-order chi connectivity index (χ0) is 17.5. The predicted octanol–water partition coefficient (Wildman–Crippen LogP) is 3.62. The molecule has 3 rings (SSSR count). The van der Waals surface area contributed by atoms with Crippen LogP contribution in [-0.4, -0.2) is 61.6 Å². The van der Waals surface area contributed by atoms with E-state index in [1.807, 2.05) is 0 Å². The van der Waals surface area contributed by atoms with Crippen molar-refractivity contribution in [3.63, 3.8) is 0 Å². The van der Waals surface area contributed by atoms with Gasteiger partial charge in [0.25, 0.3) is 0 Å². The lowest BCUT2D eigenvalue weighted by atomic mass is 10.1. The summed E-state index contributed by atoms with van der Waals surface area (Å²) in [5, 5.41) is 7.92. The normalized spacial score (nSPS) is 23.8. The van der Waals surface area contributed by atoms with Crippen molar-refractivity contribution in [2.75, 3.05) is 45.8 Å². The Morgan fingerprint density at radius 3 is 2.88 bits per heavy atom. The minimum absolute atomic E-state index is 0.492. The van der Waals surface area contributed by atoms with Crippen molar-refractivity contribution in [2.45, 2.75) is 45.4 Å². The summed E-state index contributed by atoms with van der Waals surface area (Å²) in [5.41, 5.74) is 1.41. The van der Waals surface area contributed by atoms with Crippen LogP contribution in [0.3, 0.4) is 0 Å². The molecule has 0 aromatic carbocycles. The van der Waals surface area contributed by atoms with Gasteiger partial charge in [0.2, 0.25) is 0 Å². The lowest BCUT2D eigenvalue weighted by Gasteiger charge is -2.29. The van der Waals surface area contributed by atoms with Gasteiger partial charge in [0, 0.05) is 38.6 Å². The number of nitrogens with one attached hydrogen (secondary N) is 1. The van der Waals surface area contributed by atoms with E-state index in [9.17, 15) is 0 Å². The first-order chi connectivity index (χ1) is 12.3. The van der Waals surface area contributed by atoms with Crippen molar-refractivity contribution >= 4 is 17.3 Å². The highest BCUT2D eigenvalue weighted by Gasteiger charge is 2.27. The topological polar surface area (TPSA) is 30.9 Å². The van der Waals surface area contributed by atoms with Crippen LogP contribution in [-0.2, 0) is 0 Å². The highest BCUT2D eigenvalue weighted by atomic mass is 32.1. The second-order valence-electron chi connectivity index (χ2n) is 7.61. The van der Waals surface area contributed by atoms with Crippen molar-refractivity contribution in [3.05, 3.63) is 22.4 Å². The summed E-state index contributed by atoms with van der Waals surface area (Å²) in [4.78, 5) is 10.1. The Bertz CT molecular complexity index is 522. The highest BCUT2D eigenvalue weighted by molar-refractivity contribution is 7.07. The minimum atomic E-state index is 0.492. The van der Waals surface area contributed by atoms with Gasteiger partial charge in [-0.15, -0.1) is 0 Å². The number of nitrogens with zero attached hydrogens (tertiary/aromatic N) is 3. The van der Waals surface area contributed by atoms with Gasteiger partial charge < -0.3 is 15.1 Å². The maximum atomic E-state index is 4.96. The smallest absolute Gasteiger partial charge is 0.193 e. The molecule has 3 heterocycles. The van der Waals surface area contributed by atoms with Crippen LogP contribution in [0, 0.1) is 5.92 Å². The Morgan fingerprint density at radius 1 is 1.32 bits per heavy atom. The third kappa shape index (κ3) is 5.45. The van der Waals surface area contributed by atoms with Gasteiger partial charge in [-0.2, -0.15) is 11.3 Å². The Hall–Kier alpha value is -1.07. The van der Waals surface area contributed by atoms with E-state index in [2.05, 4.69) is 45.8 Å². The number of rotatable bonds is 6. The zero-order valence-electron chi connectivity index (χ0n) is 15.9. The number of hydrogen-bond acceptors (Lipinski definition) is 3. The lowest BCUT2D eigenvalue weighted by molar-refractivity contribution is 0.198. The quantitative estimate of drug-likeness (QED) is 0.619. The van der Waals surface area contributed by atoms with E-state index >= 15 is 0 Å². The van der Waals surface area contributed by atoms with Gasteiger partial charge >= 0.3 is 0 Å². The average molecular weight is 363 g/mol. The summed E-state index contributed by atoms with van der Waals surface area (Å²) in [6, 6.07) is 2.22. The molecule has 4 nitrogen and oxygen atoms in total. The number of piperidine rings is 1. The van der Waals surface area contributed by atoms with Gasteiger partial charge in [-0.3, -0.25) is 4.99 Å². The largest absolute Gasteiger partial charge is 0.357 e. The molecule has 1 aromatic rings. The van der Waals surface area contributed by atoms with Crippen molar-refractivity contribution in [3.8, 4) is 0 Å². The monoisotopic (exact) mass is 362 g/mol. The molecule has 0 aliphatic carbocycles. The maximum Gasteiger partial charge on any atom is 0.193 e. The van der Waals surface area contributed by atoms with Gasteiger partial charge in [-0.05, 0) is 67.6 Å². The van der Waals surface area contributed by atoms with Crippen LogP contribution in [0.2, 0.25) is 0 Å². The number of aliphatic imine (C=N–C) groups is 1. The molecule has 2 atom stereocenters. The molecule has 0 amide bonds. The van der Waals surface area contributed by atoms with E-state index in [-0.39, 0.29) is 0 Å². The molecule has 2 unspecified atom stereocenters. The number of guanidine groups is 1. The first kappa shape index (κ1) is 18.7. The molecule has 25 heavy (non-hydrogen) atoms. The van der Waals surface area contributed by atoms with E-state index in [0.29, 0.717) is 5.92 Å². The fraction of sp³-hybridized carbons (Fsp3) is 0.750. The number of likely N-dealkylation sites (tertiary alicyclic amines) is 2. The van der Waals surface area contributed by atoms with E-state index in [1.165, 1.54) is 50.9 Å². The maximum absolute atomic E-state index is 4.96. The van der Waals surface area contributed by atoms with Crippen LogP contribution < -0.4 is 5.32 Å². The highest BCUT2D eigenvalue weighted by Crippen LogP contribution is 2.21. The van der Waals surface area contributed by atoms with Crippen molar-refractivity contribution in [1.29, 1.82) is 0 Å². The molecule has 0 bridgehead atoms. The fourth-order valence-corrected chi connectivity index (χ4v) is 4.77. The first-order valence-electron chi connectivity index (χ1n) is 10.0. The van der Waals surface area contributed by atoms with Crippen molar-refractivity contribution in [2.24, 2.45) is 10.9 Å². The van der Waals surface area contributed by atoms with Crippen LogP contribution in [0.5, 0.6) is 0 Å². The SMILES string of the molecule is CCNC(=NCC(C)c1ccsc1)N1CCC(CN2CCCCC2)C1. The van der Waals surface area contributed by atoms with E-state index in [1.54, 1.807) is 11.3 Å². The Morgan fingerprint density at radius 2 is 2.16 bits per heavy atom. The molecule has 5 heteroatoms. The Kier molecular flexibility index (Phi) is 7.17. The predicted molar refractivity (Wildman–Crippen MR) is 109 cm³/mol. The van der Waals surface area contributed by atoms with E-state index in [4.69, 9.17) is 4.99 Å². The van der Waals surface area contributed by atoms with Crippen molar-refractivity contribution in [1.82, 2.24) is 15.1 Å². The summed E-state index contributed by atoms with van der Waals surface area (Å²) >= 11 is 1.78. The molecule has 140 valence electrons. The molecule has 0 radical (unpaired) electrons. The van der Waals surface area contributed by atoms with E-state index < -0.39 is 0 Å². The van der Waals surface area contributed by atoms with Crippen LogP contribution in [0.4, 0.5) is 0 Å². The second kappa shape index (κ2) is 9.58. The number of thiophene rings is 1. The molecular weight excluding hydrogens is 328 g/mol. The second-order valence-corrected chi connectivity index (χ2v) is 8.39. The molecule has 0 saturated carbocycles. The van der Waals surface area contributed by atoms with Crippen molar-refractivity contribution < 1.29 is 0 Å². The van der Waals surface area contributed by atoms with Gasteiger partial charge in [-0.25, -0.2) is 0 Å². The molecule has 0 spiro atoms. The molecule has 2 fully saturated rings. The standard InChI is InChI=1S/C20H34N4S/c1-3-21-20(22-13-17(2)19-8-12-25-16-19)24-11-7-18(15-24)14-23-9-5-4-6-10-23/h8,12,16-18H,3-7,9-11,13-15H2,1-2H3,(H,21,22). The molecule has 2 aliphatic heterocycles. The first-order valence-corrected chi connectivity index (χ1v) is 11.0. The summed E-state index contributed by atoms with van der Waals surface area (Å²) < 4.78 is 0. The minimum Gasteiger partial charge on any atom is -0.357 e. The van der Waals surface area contributed by atoms with Gasteiger partial charge in [0.1, 0.15) is 0 Å². The van der Waals surface area contributed by atoms with Crippen LogP contribution in [0.25, 0.3) is 0 Å². The lowest BCUT2D eigenvalue weighted by Crippen LogP contribution is -2.41. The van der Waals surface area contributed by atoms with Gasteiger partial charge in [0.05, 0.1) is 0 Å². The Labute approximate surface area is 157 Å². The number of hydrogen-bond donors (Lipinski definition) is 1. The average Bonchev–Trinajstić information content (AvgIpc) is 3.31. The molecule has 2 aliphatic rings. The van der Waals surface area contributed by atoms with Crippen LogP contribution in [0.15, 0.2) is 21.8 Å². The van der Waals surface area contributed by atoms with Crippen LogP contribution >= 0.6 is 11.3 Å². The summed E-state index contributed by atoms with van der Waals surface area (Å²) in [5.74, 6) is 2.41. The summed E-state index contributed by atoms with van der Waals surface area (Å²) in [6.45, 7) is 12.5. The fourth-order valence-electron chi connectivity index (χ4n) is 3.99. The Balaban J connectivity index is 1.52. The zero-order valence-corrected chi connectivity index (χ0v) is 16.7. The third-order valence-electron chi connectivity index (χ3n) is 5.51. The molecular formula is C20H34N4S. The summed E-state index contributed by atoms with van der Waals surface area (Å²) in [6.07, 6.45) is 5.51. The van der Waals surface area contributed by atoms with Crippen LogP contribution in [0.1, 0.15) is 51.0 Å². The third-order valence-corrected chi connectivity index (χ3v) is 6.21.